The maximum Gasteiger partial charge on any atom is 0.391 e. The molecule has 0 bridgehead atoms. The number of aromatic nitrogens is 2. The Morgan fingerprint density at radius 1 is 0.684 bits per heavy atom. The Kier molecular flexibility index (Phi) is 4.17. The summed E-state index contributed by atoms with van der Waals surface area (Å²) >= 11 is 0. The Morgan fingerprint density at radius 2 is 1.05 bits per heavy atom. The minimum atomic E-state index is -0.697. The van der Waals surface area contributed by atoms with Crippen molar-refractivity contribution in [1.29, 1.82) is 0 Å². The number of carbonyl (C=O) groups is 2. The van der Waals surface area contributed by atoms with Crippen LogP contribution < -0.4 is 19.1 Å². The van der Waals surface area contributed by atoms with Gasteiger partial charge in [-0.2, -0.15) is 9.68 Å². The van der Waals surface area contributed by atoms with Gasteiger partial charge in [-0.15, -0.1) is 0 Å². The van der Waals surface area contributed by atoms with E-state index in [0.717, 1.165) is 0 Å². The Bertz CT molecular complexity index is 506. The zero-order valence-corrected chi connectivity index (χ0v) is 10.0. The molecule has 6 nitrogen and oxygen atoms in total. The molecule has 6 heteroatoms. The van der Waals surface area contributed by atoms with Crippen LogP contribution in [0.3, 0.4) is 0 Å². The van der Waals surface area contributed by atoms with Gasteiger partial charge in [0.15, 0.2) is 6.42 Å². The molecule has 0 unspecified atom stereocenters. The van der Waals surface area contributed by atoms with E-state index < -0.39 is 18.4 Å². The van der Waals surface area contributed by atoms with E-state index >= 15 is 0 Å². The highest BCUT2D eigenvalue weighted by atomic mass is 16.7. The van der Waals surface area contributed by atoms with E-state index in [2.05, 4.69) is 0 Å². The van der Waals surface area contributed by atoms with Gasteiger partial charge in [0.25, 0.3) is 0 Å². The lowest BCUT2D eigenvalue weighted by Gasteiger charge is -1.95. The molecule has 96 valence electrons. The fourth-order valence-electron chi connectivity index (χ4n) is 1.31. The third-order valence-corrected chi connectivity index (χ3v) is 2.08. The molecular formula is C13H12N2O4+2. The van der Waals surface area contributed by atoms with Gasteiger partial charge in [-0.25, -0.2) is 9.59 Å². The largest absolute Gasteiger partial charge is 0.391 e. The maximum absolute atomic E-state index is 11.5. The SMILES string of the molecule is O=C(CC(=O)O[n+]1ccccc1)O[n+]1ccccc1. The van der Waals surface area contributed by atoms with Crippen molar-refractivity contribution in [3.63, 3.8) is 0 Å². The minimum absolute atomic E-state index is 0.468. The first kappa shape index (κ1) is 12.7. The molecule has 0 aliphatic rings. The fraction of sp³-hybridized carbons (Fsp3) is 0.0769. The number of carbonyl (C=O) groups excluding carboxylic acids is 2. The van der Waals surface area contributed by atoms with E-state index in [-0.39, 0.29) is 0 Å². The average molecular weight is 260 g/mol. The van der Waals surface area contributed by atoms with Crippen LogP contribution in [0.2, 0.25) is 0 Å². The van der Waals surface area contributed by atoms with Crippen molar-refractivity contribution >= 4 is 11.9 Å². The molecule has 0 saturated heterocycles. The average Bonchev–Trinajstić information content (AvgIpc) is 2.40. The Balaban J connectivity index is 1.84. The topological polar surface area (TPSA) is 60.4 Å². The first-order chi connectivity index (χ1) is 9.24. The molecule has 0 radical (unpaired) electrons. The van der Waals surface area contributed by atoms with Crippen molar-refractivity contribution in [3.05, 3.63) is 61.2 Å². The van der Waals surface area contributed by atoms with Crippen molar-refractivity contribution in [2.75, 3.05) is 0 Å². The molecule has 19 heavy (non-hydrogen) atoms. The van der Waals surface area contributed by atoms with Crippen LogP contribution in [0, 0.1) is 0 Å². The van der Waals surface area contributed by atoms with Gasteiger partial charge in [-0.1, -0.05) is 12.1 Å². The molecule has 0 saturated carbocycles. The first-order valence-corrected chi connectivity index (χ1v) is 5.59. The summed E-state index contributed by atoms with van der Waals surface area (Å²) in [6.07, 6.45) is 5.73. The quantitative estimate of drug-likeness (QED) is 0.537. The van der Waals surface area contributed by atoms with Gasteiger partial charge in [0.2, 0.25) is 24.8 Å². The summed E-state index contributed by atoms with van der Waals surface area (Å²) in [7, 11) is 0. The second-order valence-corrected chi connectivity index (χ2v) is 3.57. The number of hydrogen-bond acceptors (Lipinski definition) is 4. The lowest BCUT2D eigenvalue weighted by Crippen LogP contribution is -2.49. The summed E-state index contributed by atoms with van der Waals surface area (Å²) in [6.45, 7) is 0. The van der Waals surface area contributed by atoms with Gasteiger partial charge >= 0.3 is 11.9 Å². The molecule has 2 aromatic rings. The van der Waals surface area contributed by atoms with Gasteiger partial charge in [-0.3, -0.25) is 0 Å². The van der Waals surface area contributed by atoms with Crippen LogP contribution in [0.5, 0.6) is 0 Å². The van der Waals surface area contributed by atoms with E-state index in [4.69, 9.17) is 9.68 Å². The van der Waals surface area contributed by atoms with Crippen LogP contribution in [-0.4, -0.2) is 11.9 Å². The summed E-state index contributed by atoms with van der Waals surface area (Å²) in [5, 5.41) is 0. The maximum atomic E-state index is 11.5. The predicted octanol–water partition coefficient (Wildman–Crippen LogP) is -0.738. The van der Waals surface area contributed by atoms with Crippen molar-refractivity contribution < 1.29 is 28.7 Å². The summed E-state index contributed by atoms with van der Waals surface area (Å²) in [5.74, 6) is -1.39. The van der Waals surface area contributed by atoms with Crippen LogP contribution in [0.1, 0.15) is 6.42 Å². The Hall–Kier alpha value is -2.76. The highest BCUT2D eigenvalue weighted by Crippen LogP contribution is 1.83. The first-order valence-electron chi connectivity index (χ1n) is 5.59. The zero-order valence-electron chi connectivity index (χ0n) is 10.0. The van der Waals surface area contributed by atoms with Gasteiger partial charge in [0.1, 0.15) is 0 Å². The highest BCUT2D eigenvalue weighted by molar-refractivity contribution is 5.90. The van der Waals surface area contributed by atoms with Crippen LogP contribution >= 0.6 is 0 Å². The number of rotatable bonds is 4. The van der Waals surface area contributed by atoms with Crippen molar-refractivity contribution in [2.45, 2.75) is 6.42 Å². The fourth-order valence-corrected chi connectivity index (χ4v) is 1.31. The van der Waals surface area contributed by atoms with Crippen LogP contribution in [0.25, 0.3) is 0 Å². The van der Waals surface area contributed by atoms with E-state index in [0.29, 0.717) is 0 Å². The Labute approximate surface area is 109 Å². The van der Waals surface area contributed by atoms with E-state index in [1.54, 1.807) is 61.2 Å². The van der Waals surface area contributed by atoms with Crippen molar-refractivity contribution in [2.24, 2.45) is 0 Å². The van der Waals surface area contributed by atoms with Crippen LogP contribution in [-0.2, 0) is 9.59 Å². The molecule has 0 atom stereocenters. The number of nitrogens with zero attached hydrogens (tertiary/aromatic N) is 2. The molecule has 0 spiro atoms. The molecule has 0 N–H and O–H groups in total. The monoisotopic (exact) mass is 260 g/mol. The summed E-state index contributed by atoms with van der Waals surface area (Å²) in [6, 6.07) is 10.4. The Morgan fingerprint density at radius 3 is 1.42 bits per heavy atom. The smallest absolute Gasteiger partial charge is 0.244 e. The molecule has 0 aromatic carbocycles. The second kappa shape index (κ2) is 6.25. The molecule has 0 fully saturated rings. The van der Waals surface area contributed by atoms with E-state index in [1.165, 1.54) is 9.46 Å². The predicted molar refractivity (Wildman–Crippen MR) is 61.1 cm³/mol. The third kappa shape index (κ3) is 4.19. The van der Waals surface area contributed by atoms with Crippen LogP contribution in [0.15, 0.2) is 61.2 Å². The zero-order chi connectivity index (χ0) is 13.5. The summed E-state index contributed by atoms with van der Waals surface area (Å²) in [5.41, 5.74) is 0. The number of hydrogen-bond donors (Lipinski definition) is 0. The van der Waals surface area contributed by atoms with Gasteiger partial charge in [0.05, 0.1) is 0 Å². The molecule has 2 aromatic heterocycles. The van der Waals surface area contributed by atoms with Gasteiger partial charge < -0.3 is 0 Å². The molecular weight excluding hydrogens is 248 g/mol. The van der Waals surface area contributed by atoms with Gasteiger partial charge in [-0.05, 0) is 0 Å². The highest BCUT2D eigenvalue weighted by Gasteiger charge is 2.20. The molecule has 0 amide bonds. The summed E-state index contributed by atoms with van der Waals surface area (Å²) in [4.78, 5) is 32.7. The molecule has 0 aliphatic carbocycles. The lowest BCUT2D eigenvalue weighted by atomic mass is 10.4. The molecule has 0 aliphatic heterocycles. The van der Waals surface area contributed by atoms with Crippen molar-refractivity contribution in [1.82, 2.24) is 0 Å². The molecule has 2 rings (SSSR count). The third-order valence-electron chi connectivity index (χ3n) is 2.08. The van der Waals surface area contributed by atoms with E-state index in [9.17, 15) is 9.59 Å². The second-order valence-electron chi connectivity index (χ2n) is 3.57. The van der Waals surface area contributed by atoms with Gasteiger partial charge in [0, 0.05) is 33.7 Å². The minimum Gasteiger partial charge on any atom is -0.244 e. The standard InChI is InChI=1S/C13H12N2O4/c16-12(18-14-7-3-1-4-8-14)11-13(17)19-15-9-5-2-6-10-15/h1-10H,11H2/q+2. The lowest BCUT2D eigenvalue weighted by molar-refractivity contribution is -0.872. The molecule has 2 heterocycles. The number of pyridine rings is 2. The van der Waals surface area contributed by atoms with Crippen LogP contribution in [0.4, 0.5) is 0 Å². The summed E-state index contributed by atoms with van der Waals surface area (Å²) < 4.78 is 2.43. The normalized spacial score (nSPS) is 9.68. The van der Waals surface area contributed by atoms with Crippen molar-refractivity contribution in [3.8, 4) is 0 Å². The van der Waals surface area contributed by atoms with E-state index in [1.807, 2.05) is 0 Å².